The predicted molar refractivity (Wildman–Crippen MR) is 97.5 cm³/mol. The van der Waals surface area contributed by atoms with Crippen LogP contribution in [0.1, 0.15) is 19.4 Å². The molecule has 1 N–H and O–H groups in total. The highest BCUT2D eigenvalue weighted by atomic mass is 35.5. The Morgan fingerprint density at radius 2 is 1.96 bits per heavy atom. The summed E-state index contributed by atoms with van der Waals surface area (Å²) in [5.41, 5.74) is 0. The molecule has 2 aromatic heterocycles. The molecule has 3 rings (SSSR count). The van der Waals surface area contributed by atoms with Crippen LogP contribution in [-0.2, 0) is 16.6 Å². The van der Waals surface area contributed by atoms with E-state index in [2.05, 4.69) is 4.72 Å². The van der Waals surface area contributed by atoms with Gasteiger partial charge in [-0.15, -0.1) is 22.7 Å². The molecular formula is C16H11ClFNO3S3. The monoisotopic (exact) mass is 415 g/mol. The molecule has 0 radical (unpaired) electrons. The highest BCUT2D eigenvalue weighted by Crippen LogP contribution is 2.23. The number of carbonyl (C=O) groups is 1. The molecule has 1 aromatic carbocycles. The molecule has 4 nitrogen and oxygen atoms in total. The van der Waals surface area contributed by atoms with Crippen LogP contribution in [0.2, 0.25) is 5.02 Å². The van der Waals surface area contributed by atoms with E-state index < -0.39 is 15.8 Å². The summed E-state index contributed by atoms with van der Waals surface area (Å²) >= 11 is 8.20. The molecule has 0 unspecified atom stereocenters. The molecule has 0 aliphatic rings. The molecule has 130 valence electrons. The highest BCUT2D eigenvalue weighted by Gasteiger charge is 2.17. The van der Waals surface area contributed by atoms with Gasteiger partial charge < -0.3 is 0 Å². The number of carbonyl (C=O) groups excluding carboxylic acids is 1. The molecule has 0 saturated carbocycles. The first-order chi connectivity index (χ1) is 11.9. The summed E-state index contributed by atoms with van der Waals surface area (Å²) in [5.74, 6) is -0.768. The van der Waals surface area contributed by atoms with Gasteiger partial charge in [-0.2, -0.15) is 0 Å². The summed E-state index contributed by atoms with van der Waals surface area (Å²) in [6, 6.07) is 10.1. The van der Waals surface area contributed by atoms with Gasteiger partial charge in [0.1, 0.15) is 5.82 Å². The van der Waals surface area contributed by atoms with Crippen molar-refractivity contribution in [3.8, 4) is 0 Å². The van der Waals surface area contributed by atoms with Crippen LogP contribution in [0, 0.1) is 5.82 Å². The number of sulfonamides is 1. The third kappa shape index (κ3) is 4.16. The van der Waals surface area contributed by atoms with Crippen molar-refractivity contribution in [2.24, 2.45) is 0 Å². The lowest BCUT2D eigenvalue weighted by atomic mass is 10.3. The Morgan fingerprint density at radius 1 is 1.16 bits per heavy atom. The van der Waals surface area contributed by atoms with E-state index in [-0.39, 0.29) is 22.2 Å². The van der Waals surface area contributed by atoms with Crippen molar-refractivity contribution in [2.75, 3.05) is 0 Å². The SMILES string of the molecule is O=C(c1cccs1)c1ccc(CNS(=O)(=O)c2ccc(F)c(Cl)c2)s1. The van der Waals surface area contributed by atoms with Crippen molar-refractivity contribution in [1.82, 2.24) is 4.72 Å². The maximum Gasteiger partial charge on any atom is 0.240 e. The second kappa shape index (κ2) is 7.35. The van der Waals surface area contributed by atoms with Crippen molar-refractivity contribution in [1.29, 1.82) is 0 Å². The van der Waals surface area contributed by atoms with Crippen molar-refractivity contribution >= 4 is 50.1 Å². The molecule has 0 saturated heterocycles. The van der Waals surface area contributed by atoms with Crippen molar-refractivity contribution in [3.05, 3.63) is 73.3 Å². The number of nitrogens with one attached hydrogen (secondary N) is 1. The molecule has 0 amide bonds. The molecule has 3 aromatic rings. The van der Waals surface area contributed by atoms with Gasteiger partial charge in [-0.1, -0.05) is 17.7 Å². The van der Waals surface area contributed by atoms with Crippen LogP contribution in [-0.4, -0.2) is 14.2 Å². The average Bonchev–Trinajstić information content (AvgIpc) is 3.26. The first-order valence-electron chi connectivity index (χ1n) is 6.98. The lowest BCUT2D eigenvalue weighted by molar-refractivity contribution is 0.104. The summed E-state index contributed by atoms with van der Waals surface area (Å²) in [6.45, 7) is 0.0275. The summed E-state index contributed by atoms with van der Waals surface area (Å²) in [6.07, 6.45) is 0. The van der Waals surface area contributed by atoms with Crippen LogP contribution in [0.25, 0.3) is 0 Å². The Hall–Kier alpha value is -1.58. The van der Waals surface area contributed by atoms with Gasteiger partial charge in [0.2, 0.25) is 15.8 Å². The number of hydrogen-bond acceptors (Lipinski definition) is 5. The lowest BCUT2D eigenvalue weighted by Crippen LogP contribution is -2.22. The van der Waals surface area contributed by atoms with Gasteiger partial charge >= 0.3 is 0 Å². The van der Waals surface area contributed by atoms with Gasteiger partial charge in [0.05, 0.1) is 19.7 Å². The normalized spacial score (nSPS) is 11.6. The number of halogens is 2. The number of benzene rings is 1. The fourth-order valence-corrected chi connectivity index (χ4v) is 5.03. The Balaban J connectivity index is 1.71. The molecule has 0 atom stereocenters. The molecular weight excluding hydrogens is 405 g/mol. The number of rotatable bonds is 6. The minimum absolute atomic E-state index is 0.0275. The zero-order chi connectivity index (χ0) is 18.0. The minimum atomic E-state index is -3.83. The van der Waals surface area contributed by atoms with Crippen molar-refractivity contribution in [2.45, 2.75) is 11.4 Å². The molecule has 0 aliphatic carbocycles. The third-order valence-corrected chi connectivity index (χ3v) is 6.91. The van der Waals surface area contributed by atoms with E-state index in [4.69, 9.17) is 11.6 Å². The molecule has 0 bridgehead atoms. The first-order valence-corrected chi connectivity index (χ1v) is 10.5. The van der Waals surface area contributed by atoms with Gasteiger partial charge in [-0.05, 0) is 41.8 Å². The van der Waals surface area contributed by atoms with E-state index >= 15 is 0 Å². The zero-order valence-electron chi connectivity index (χ0n) is 12.5. The second-order valence-corrected chi connectivity index (χ2v) is 9.26. The fraction of sp³-hybridized carbons (Fsp3) is 0.0625. The molecule has 2 heterocycles. The molecule has 9 heteroatoms. The smallest absolute Gasteiger partial charge is 0.240 e. The van der Waals surface area contributed by atoms with Crippen molar-refractivity contribution in [3.63, 3.8) is 0 Å². The first kappa shape index (κ1) is 18.2. The maximum absolute atomic E-state index is 13.2. The maximum atomic E-state index is 13.2. The van der Waals surface area contributed by atoms with Crippen LogP contribution in [0.15, 0.2) is 52.7 Å². The van der Waals surface area contributed by atoms with Gasteiger partial charge in [-0.25, -0.2) is 17.5 Å². The van der Waals surface area contributed by atoms with Crippen LogP contribution in [0.5, 0.6) is 0 Å². The topological polar surface area (TPSA) is 63.2 Å². The van der Waals surface area contributed by atoms with Gasteiger partial charge in [0.25, 0.3) is 0 Å². The molecule has 0 fully saturated rings. The summed E-state index contributed by atoms with van der Waals surface area (Å²) in [5, 5.41) is 1.56. The summed E-state index contributed by atoms with van der Waals surface area (Å²) in [4.78, 5) is 14.0. The summed E-state index contributed by atoms with van der Waals surface area (Å²) in [7, 11) is -3.83. The van der Waals surface area contributed by atoms with Crippen LogP contribution in [0.4, 0.5) is 4.39 Å². The number of hydrogen-bond donors (Lipinski definition) is 1. The van der Waals surface area contributed by atoms with E-state index in [1.807, 2.05) is 5.38 Å². The van der Waals surface area contributed by atoms with E-state index in [9.17, 15) is 17.6 Å². The van der Waals surface area contributed by atoms with Crippen molar-refractivity contribution < 1.29 is 17.6 Å². The minimum Gasteiger partial charge on any atom is -0.287 e. The Bertz CT molecular complexity index is 1010. The molecule has 0 spiro atoms. The molecule has 0 aliphatic heterocycles. The second-order valence-electron chi connectivity index (χ2n) is 4.97. The van der Waals surface area contributed by atoms with E-state index in [0.29, 0.717) is 14.6 Å². The van der Waals surface area contributed by atoms with Gasteiger partial charge in [0, 0.05) is 11.4 Å². The standard InChI is InChI=1S/C16H11ClFNO3S3/c17-12-8-11(4-5-13(12)18)25(21,22)19-9-10-3-6-15(24-10)16(20)14-2-1-7-23-14/h1-8,19H,9H2. The van der Waals surface area contributed by atoms with Crippen LogP contribution in [0.3, 0.4) is 0 Å². The number of thiophene rings is 2. The Kier molecular flexibility index (Phi) is 5.35. The zero-order valence-corrected chi connectivity index (χ0v) is 15.7. The van der Waals surface area contributed by atoms with Crippen LogP contribution < -0.4 is 4.72 Å². The predicted octanol–water partition coefficient (Wildman–Crippen LogP) is 4.31. The Labute approximate surface area is 156 Å². The third-order valence-electron chi connectivity index (χ3n) is 3.27. The Morgan fingerprint density at radius 3 is 2.64 bits per heavy atom. The number of ketones is 1. The van der Waals surface area contributed by atoms with Gasteiger partial charge in [-0.3, -0.25) is 4.79 Å². The van der Waals surface area contributed by atoms with E-state index in [1.54, 1.807) is 24.3 Å². The average molecular weight is 416 g/mol. The largest absolute Gasteiger partial charge is 0.287 e. The summed E-state index contributed by atoms with van der Waals surface area (Å²) < 4.78 is 40.1. The lowest BCUT2D eigenvalue weighted by Gasteiger charge is -2.06. The van der Waals surface area contributed by atoms with E-state index in [1.165, 1.54) is 22.7 Å². The highest BCUT2D eigenvalue weighted by molar-refractivity contribution is 7.89. The molecule has 25 heavy (non-hydrogen) atoms. The van der Waals surface area contributed by atoms with Crippen LogP contribution >= 0.6 is 34.3 Å². The van der Waals surface area contributed by atoms with Gasteiger partial charge in [0.15, 0.2) is 0 Å². The fourth-order valence-electron chi connectivity index (χ4n) is 2.02. The van der Waals surface area contributed by atoms with E-state index in [0.717, 1.165) is 18.2 Å². The quantitative estimate of drug-likeness (QED) is 0.610.